The van der Waals surface area contributed by atoms with E-state index in [9.17, 15) is 0 Å². The van der Waals surface area contributed by atoms with E-state index < -0.39 is 0 Å². The summed E-state index contributed by atoms with van der Waals surface area (Å²) in [5, 5.41) is 9.98. The van der Waals surface area contributed by atoms with Crippen LogP contribution in [0.1, 0.15) is 17.6 Å². The van der Waals surface area contributed by atoms with Crippen LogP contribution in [0.15, 0.2) is 5.38 Å². The van der Waals surface area contributed by atoms with Crippen LogP contribution in [0.4, 0.5) is 0 Å². The summed E-state index contributed by atoms with van der Waals surface area (Å²) in [7, 11) is 1.72. The molecule has 92 valence electrons. The Kier molecular flexibility index (Phi) is 6.56. The van der Waals surface area contributed by atoms with E-state index in [1.165, 1.54) is 0 Å². The maximum atomic E-state index is 4.96. The molecule has 0 aliphatic carbocycles. The fraction of sp³-hybridized carbons (Fsp3) is 0.727. The molecule has 2 N–H and O–H groups in total. The normalized spacial score (nSPS) is 12.9. The monoisotopic (exact) mass is 243 g/mol. The highest BCUT2D eigenvalue weighted by molar-refractivity contribution is 7.09. The lowest BCUT2D eigenvalue weighted by molar-refractivity contribution is 0.198. The van der Waals surface area contributed by atoms with Gasteiger partial charge in [-0.25, -0.2) is 4.98 Å². The van der Waals surface area contributed by atoms with Gasteiger partial charge in [0.25, 0.3) is 0 Å². The van der Waals surface area contributed by atoms with E-state index in [4.69, 9.17) is 4.74 Å². The van der Waals surface area contributed by atoms with E-state index in [1.807, 2.05) is 6.92 Å². The highest BCUT2D eigenvalue weighted by Gasteiger charge is 2.02. The minimum Gasteiger partial charge on any atom is -0.383 e. The van der Waals surface area contributed by atoms with E-state index in [2.05, 4.69) is 27.9 Å². The summed E-state index contributed by atoms with van der Waals surface area (Å²) in [6, 6.07) is 0.443. The Morgan fingerprint density at radius 3 is 3.00 bits per heavy atom. The van der Waals surface area contributed by atoms with Crippen molar-refractivity contribution in [3.8, 4) is 0 Å². The molecule has 0 spiro atoms. The molecule has 1 atom stereocenters. The molecular weight excluding hydrogens is 222 g/mol. The topological polar surface area (TPSA) is 46.2 Å². The Morgan fingerprint density at radius 1 is 1.56 bits per heavy atom. The number of aromatic nitrogens is 1. The number of nitrogens with one attached hydrogen (secondary N) is 2. The van der Waals surface area contributed by atoms with Crippen LogP contribution in [0, 0.1) is 6.92 Å². The largest absolute Gasteiger partial charge is 0.383 e. The standard InChI is InChI=1S/C11H21N3OS/c1-9(6-12-4-5-15-3)13-7-11-8-16-10(2)14-11/h8-9,12-13H,4-7H2,1-3H3. The molecule has 1 aromatic rings. The first kappa shape index (κ1) is 13.6. The van der Waals surface area contributed by atoms with Crippen molar-refractivity contribution in [2.75, 3.05) is 26.8 Å². The van der Waals surface area contributed by atoms with Crippen LogP contribution in [0.25, 0.3) is 0 Å². The molecule has 0 saturated carbocycles. The zero-order chi connectivity index (χ0) is 11.8. The molecule has 5 heteroatoms. The Labute approximate surface area is 101 Å². The number of methoxy groups -OCH3 is 1. The summed E-state index contributed by atoms with van der Waals surface area (Å²) in [4.78, 5) is 4.41. The van der Waals surface area contributed by atoms with Crippen molar-refractivity contribution >= 4 is 11.3 Å². The first-order chi connectivity index (χ1) is 7.72. The van der Waals surface area contributed by atoms with Crippen LogP contribution < -0.4 is 10.6 Å². The van der Waals surface area contributed by atoms with Gasteiger partial charge >= 0.3 is 0 Å². The fourth-order valence-electron chi connectivity index (χ4n) is 1.33. The maximum absolute atomic E-state index is 4.96. The highest BCUT2D eigenvalue weighted by atomic mass is 32.1. The predicted octanol–water partition coefficient (Wildman–Crippen LogP) is 1.17. The van der Waals surface area contributed by atoms with E-state index in [0.717, 1.165) is 36.9 Å². The molecule has 1 heterocycles. The molecule has 0 aliphatic heterocycles. The Hall–Kier alpha value is -0.490. The Bertz CT molecular complexity index is 291. The van der Waals surface area contributed by atoms with Crippen molar-refractivity contribution in [2.45, 2.75) is 26.4 Å². The summed E-state index contributed by atoms with van der Waals surface area (Å²) >= 11 is 1.70. The van der Waals surface area contributed by atoms with Crippen molar-refractivity contribution < 1.29 is 4.74 Å². The second-order valence-corrected chi connectivity index (χ2v) is 4.90. The smallest absolute Gasteiger partial charge is 0.0897 e. The van der Waals surface area contributed by atoms with Gasteiger partial charge in [-0.1, -0.05) is 0 Å². The zero-order valence-corrected chi connectivity index (χ0v) is 11.1. The molecule has 0 fully saturated rings. The van der Waals surface area contributed by atoms with Crippen LogP contribution in [-0.2, 0) is 11.3 Å². The molecule has 0 aromatic carbocycles. The number of rotatable bonds is 8. The van der Waals surface area contributed by atoms with Crippen molar-refractivity contribution in [1.29, 1.82) is 0 Å². The fourth-order valence-corrected chi connectivity index (χ4v) is 1.95. The van der Waals surface area contributed by atoms with E-state index in [1.54, 1.807) is 18.4 Å². The lowest BCUT2D eigenvalue weighted by atomic mass is 10.3. The Balaban J connectivity index is 2.08. The number of aryl methyl sites for hydroxylation is 1. The first-order valence-corrected chi connectivity index (χ1v) is 6.44. The van der Waals surface area contributed by atoms with Crippen LogP contribution in [0.5, 0.6) is 0 Å². The van der Waals surface area contributed by atoms with Gasteiger partial charge in [-0.2, -0.15) is 0 Å². The molecule has 1 rings (SSSR count). The molecule has 0 radical (unpaired) electrons. The maximum Gasteiger partial charge on any atom is 0.0897 e. The third-order valence-electron chi connectivity index (χ3n) is 2.23. The minimum absolute atomic E-state index is 0.443. The van der Waals surface area contributed by atoms with Gasteiger partial charge in [-0.3, -0.25) is 0 Å². The van der Waals surface area contributed by atoms with Crippen LogP contribution in [0.2, 0.25) is 0 Å². The van der Waals surface area contributed by atoms with Crippen LogP contribution >= 0.6 is 11.3 Å². The van der Waals surface area contributed by atoms with E-state index in [0.29, 0.717) is 6.04 Å². The summed E-state index contributed by atoms with van der Waals surface area (Å²) < 4.78 is 4.96. The number of hydrogen-bond acceptors (Lipinski definition) is 5. The second kappa shape index (κ2) is 7.73. The molecular formula is C11H21N3OS. The highest BCUT2D eigenvalue weighted by Crippen LogP contribution is 2.07. The molecule has 0 amide bonds. The molecule has 0 aliphatic rings. The lowest BCUT2D eigenvalue weighted by Gasteiger charge is -2.13. The zero-order valence-electron chi connectivity index (χ0n) is 10.2. The number of thiazole rings is 1. The van der Waals surface area contributed by atoms with Gasteiger partial charge in [0.2, 0.25) is 0 Å². The predicted molar refractivity (Wildman–Crippen MR) is 67.9 cm³/mol. The minimum atomic E-state index is 0.443. The molecule has 16 heavy (non-hydrogen) atoms. The Morgan fingerprint density at radius 2 is 2.38 bits per heavy atom. The average molecular weight is 243 g/mol. The van der Waals surface area contributed by atoms with Gasteiger partial charge in [0.1, 0.15) is 0 Å². The third-order valence-corrected chi connectivity index (χ3v) is 3.05. The summed E-state index contributed by atoms with van der Waals surface area (Å²) in [5.41, 5.74) is 1.13. The summed E-state index contributed by atoms with van der Waals surface area (Å²) in [6.45, 7) is 7.66. The average Bonchev–Trinajstić information content (AvgIpc) is 2.68. The molecule has 1 unspecified atom stereocenters. The number of ether oxygens (including phenoxy) is 1. The lowest BCUT2D eigenvalue weighted by Crippen LogP contribution is -2.37. The molecule has 4 nitrogen and oxygen atoms in total. The van der Waals surface area contributed by atoms with Crippen molar-refractivity contribution in [3.05, 3.63) is 16.1 Å². The number of nitrogens with zero attached hydrogens (tertiary/aromatic N) is 1. The molecule has 1 aromatic heterocycles. The molecule has 0 saturated heterocycles. The van der Waals surface area contributed by atoms with Gasteiger partial charge in [-0.15, -0.1) is 11.3 Å². The van der Waals surface area contributed by atoms with Crippen LogP contribution in [-0.4, -0.2) is 37.8 Å². The van der Waals surface area contributed by atoms with Crippen LogP contribution in [0.3, 0.4) is 0 Å². The van der Waals surface area contributed by atoms with Gasteiger partial charge < -0.3 is 15.4 Å². The van der Waals surface area contributed by atoms with Gasteiger partial charge in [-0.05, 0) is 13.8 Å². The van der Waals surface area contributed by atoms with E-state index >= 15 is 0 Å². The van der Waals surface area contributed by atoms with Gasteiger partial charge in [0, 0.05) is 38.2 Å². The van der Waals surface area contributed by atoms with Crippen molar-refractivity contribution in [3.63, 3.8) is 0 Å². The number of hydrogen-bond donors (Lipinski definition) is 2. The van der Waals surface area contributed by atoms with E-state index in [-0.39, 0.29) is 0 Å². The first-order valence-electron chi connectivity index (χ1n) is 5.56. The summed E-state index contributed by atoms with van der Waals surface area (Å²) in [5.74, 6) is 0. The SMILES string of the molecule is COCCNCC(C)NCc1csc(C)n1. The van der Waals surface area contributed by atoms with Crippen molar-refractivity contribution in [2.24, 2.45) is 0 Å². The second-order valence-electron chi connectivity index (χ2n) is 3.84. The van der Waals surface area contributed by atoms with Gasteiger partial charge in [0.05, 0.1) is 17.3 Å². The van der Waals surface area contributed by atoms with Gasteiger partial charge in [0.15, 0.2) is 0 Å². The van der Waals surface area contributed by atoms with Crippen molar-refractivity contribution in [1.82, 2.24) is 15.6 Å². The third kappa shape index (κ3) is 5.55. The molecule has 0 bridgehead atoms. The quantitative estimate of drug-likeness (QED) is 0.673. The summed E-state index contributed by atoms with van der Waals surface area (Å²) in [6.07, 6.45) is 0.